The highest BCUT2D eigenvalue weighted by Gasteiger charge is 2.32. The molecular formula is C19H21FN2O5. The lowest BCUT2D eigenvalue weighted by Crippen LogP contribution is -2.47. The number of carboxylic acids is 1. The normalized spacial score (nSPS) is 25.0. The third-order valence-corrected chi connectivity index (χ3v) is 5.72. The highest BCUT2D eigenvalue weighted by Crippen LogP contribution is 2.38. The first-order chi connectivity index (χ1) is 12.8. The Kier molecular flexibility index (Phi) is 4.20. The fourth-order valence-corrected chi connectivity index (χ4v) is 4.25. The summed E-state index contributed by atoms with van der Waals surface area (Å²) in [6, 6.07) is 1.08. The lowest BCUT2D eigenvalue weighted by atomic mass is 9.92. The van der Waals surface area contributed by atoms with Crippen molar-refractivity contribution in [3.8, 4) is 0 Å². The number of piperidine rings is 1. The standard InChI is InChI=1S/C19H21FN2O5/c1-9-2-3-10-16-11(18(25)12(19(26)27)7-22(9)16)6-13(20)17(10)21-5-4-14(23)15(24)8-21/h6-7,9,14-15,23-24H,2-5,8H2,1H3,(H,26,27). The molecule has 8 heteroatoms. The third kappa shape index (κ3) is 2.71. The summed E-state index contributed by atoms with van der Waals surface area (Å²) < 4.78 is 16.8. The number of carboxylic acid groups (broad SMARTS) is 1. The number of anilines is 1. The van der Waals surface area contributed by atoms with E-state index in [1.165, 1.54) is 6.20 Å². The van der Waals surface area contributed by atoms with Gasteiger partial charge in [-0.25, -0.2) is 9.18 Å². The van der Waals surface area contributed by atoms with E-state index < -0.39 is 29.4 Å². The van der Waals surface area contributed by atoms with Gasteiger partial charge < -0.3 is 24.8 Å². The van der Waals surface area contributed by atoms with Crippen LogP contribution in [0.2, 0.25) is 0 Å². The lowest BCUT2D eigenvalue weighted by molar-refractivity contribution is 0.00786. The molecule has 1 aromatic carbocycles. The first-order valence-electron chi connectivity index (χ1n) is 9.04. The Morgan fingerprint density at radius 3 is 2.67 bits per heavy atom. The molecule has 1 saturated heterocycles. The van der Waals surface area contributed by atoms with Crippen molar-refractivity contribution in [3.05, 3.63) is 39.4 Å². The number of benzene rings is 1. The van der Waals surface area contributed by atoms with Crippen LogP contribution < -0.4 is 10.3 Å². The largest absolute Gasteiger partial charge is 0.477 e. The minimum absolute atomic E-state index is 0.0224. The fraction of sp³-hybridized carbons (Fsp3) is 0.474. The van der Waals surface area contributed by atoms with Crippen LogP contribution in [0.1, 0.15) is 41.7 Å². The second kappa shape index (κ2) is 6.31. The molecule has 2 aliphatic heterocycles. The second-order valence-electron chi connectivity index (χ2n) is 7.42. The molecule has 1 aromatic heterocycles. The number of β-amino-alcohol motifs (C(OH)–C–C–N with tert-alkyl or cyclic N) is 1. The highest BCUT2D eigenvalue weighted by atomic mass is 19.1. The van der Waals surface area contributed by atoms with Crippen molar-refractivity contribution in [2.24, 2.45) is 0 Å². The number of hydrogen-bond acceptors (Lipinski definition) is 5. The van der Waals surface area contributed by atoms with Gasteiger partial charge in [0.2, 0.25) is 5.43 Å². The Labute approximate surface area is 154 Å². The second-order valence-corrected chi connectivity index (χ2v) is 7.42. The zero-order valence-electron chi connectivity index (χ0n) is 14.9. The van der Waals surface area contributed by atoms with Gasteiger partial charge in [-0.15, -0.1) is 0 Å². The number of aromatic nitrogens is 1. The monoisotopic (exact) mass is 376 g/mol. The summed E-state index contributed by atoms with van der Waals surface area (Å²) in [5, 5.41) is 29.1. The van der Waals surface area contributed by atoms with Crippen molar-refractivity contribution in [2.75, 3.05) is 18.0 Å². The molecule has 0 radical (unpaired) electrons. The molecular weight excluding hydrogens is 355 g/mol. The minimum atomic E-state index is -1.33. The topological polar surface area (TPSA) is 103 Å². The highest BCUT2D eigenvalue weighted by molar-refractivity contribution is 5.95. The van der Waals surface area contributed by atoms with E-state index in [0.29, 0.717) is 42.6 Å². The zero-order valence-corrected chi connectivity index (χ0v) is 14.9. The fourth-order valence-electron chi connectivity index (χ4n) is 4.25. The third-order valence-electron chi connectivity index (χ3n) is 5.72. The zero-order chi connectivity index (χ0) is 19.5. The van der Waals surface area contributed by atoms with Crippen molar-refractivity contribution in [1.82, 2.24) is 4.57 Å². The molecule has 1 fully saturated rings. The number of carbonyl (C=O) groups is 1. The van der Waals surface area contributed by atoms with Gasteiger partial charge >= 0.3 is 5.97 Å². The predicted molar refractivity (Wildman–Crippen MR) is 97.0 cm³/mol. The first kappa shape index (κ1) is 17.9. The van der Waals surface area contributed by atoms with Crippen LogP contribution in [-0.2, 0) is 6.42 Å². The van der Waals surface area contributed by atoms with Gasteiger partial charge in [-0.1, -0.05) is 0 Å². The van der Waals surface area contributed by atoms with Crippen molar-refractivity contribution < 1.29 is 24.5 Å². The molecule has 3 heterocycles. The molecule has 0 aliphatic carbocycles. The Bertz CT molecular complexity index is 1000. The van der Waals surface area contributed by atoms with E-state index in [1.807, 2.05) is 6.92 Å². The van der Waals surface area contributed by atoms with E-state index >= 15 is 4.39 Å². The average Bonchev–Trinajstić information content (AvgIpc) is 2.61. The SMILES string of the molecule is CC1CCc2c(N3CCC(O)C(O)C3)c(F)cc3c(=O)c(C(=O)O)cn1c23. The van der Waals surface area contributed by atoms with Crippen LogP contribution in [0.3, 0.4) is 0 Å². The molecule has 3 N–H and O–H groups in total. The van der Waals surface area contributed by atoms with Gasteiger partial charge in [0.25, 0.3) is 0 Å². The predicted octanol–water partition coefficient (Wildman–Crippen LogP) is 1.28. The summed E-state index contributed by atoms with van der Waals surface area (Å²) >= 11 is 0. The van der Waals surface area contributed by atoms with Crippen molar-refractivity contribution in [1.29, 1.82) is 0 Å². The number of pyridine rings is 1. The van der Waals surface area contributed by atoms with Crippen LogP contribution in [-0.4, -0.2) is 51.2 Å². The summed E-state index contributed by atoms with van der Waals surface area (Å²) in [4.78, 5) is 25.8. The van der Waals surface area contributed by atoms with Gasteiger partial charge in [0.05, 0.1) is 23.4 Å². The van der Waals surface area contributed by atoms with Gasteiger partial charge in [-0.2, -0.15) is 0 Å². The van der Waals surface area contributed by atoms with Crippen molar-refractivity contribution >= 4 is 22.6 Å². The molecule has 4 rings (SSSR count). The van der Waals surface area contributed by atoms with E-state index in [0.717, 1.165) is 6.07 Å². The molecule has 0 spiro atoms. The number of rotatable bonds is 2. The van der Waals surface area contributed by atoms with Gasteiger partial charge in [-0.3, -0.25) is 4.79 Å². The van der Waals surface area contributed by atoms with Crippen LogP contribution in [0.4, 0.5) is 10.1 Å². The molecule has 0 saturated carbocycles. The van der Waals surface area contributed by atoms with Crippen LogP contribution in [0.25, 0.3) is 10.9 Å². The average molecular weight is 376 g/mol. The number of hydrogen-bond donors (Lipinski definition) is 3. The first-order valence-corrected chi connectivity index (χ1v) is 9.04. The molecule has 2 aliphatic rings. The molecule has 3 atom stereocenters. The summed E-state index contributed by atoms with van der Waals surface area (Å²) in [6.07, 6.45) is 1.08. The maximum atomic E-state index is 15.1. The number of aliphatic hydroxyl groups excluding tert-OH is 2. The maximum absolute atomic E-state index is 15.1. The molecule has 7 nitrogen and oxygen atoms in total. The molecule has 0 bridgehead atoms. The quantitative estimate of drug-likeness (QED) is 0.730. The van der Waals surface area contributed by atoms with E-state index in [-0.39, 0.29) is 23.5 Å². The number of aryl methyl sites for hydroxylation is 1. The number of aliphatic hydroxyl groups is 2. The van der Waals surface area contributed by atoms with Crippen LogP contribution in [0, 0.1) is 5.82 Å². The van der Waals surface area contributed by atoms with E-state index in [1.54, 1.807) is 9.47 Å². The maximum Gasteiger partial charge on any atom is 0.341 e. The van der Waals surface area contributed by atoms with E-state index in [2.05, 4.69) is 0 Å². The molecule has 144 valence electrons. The smallest absolute Gasteiger partial charge is 0.341 e. The van der Waals surface area contributed by atoms with Crippen molar-refractivity contribution in [3.63, 3.8) is 0 Å². The molecule has 0 amide bonds. The van der Waals surface area contributed by atoms with Crippen LogP contribution in [0.5, 0.6) is 0 Å². The number of nitrogens with zero attached hydrogens (tertiary/aromatic N) is 2. The summed E-state index contributed by atoms with van der Waals surface area (Å²) in [6.45, 7) is 2.42. The Hall–Kier alpha value is -2.45. The number of aromatic carboxylic acids is 1. The Morgan fingerprint density at radius 1 is 1.26 bits per heavy atom. The van der Waals surface area contributed by atoms with E-state index in [4.69, 9.17) is 0 Å². The summed E-state index contributed by atoms with van der Waals surface area (Å²) in [5.74, 6) is -1.94. The molecule has 2 aromatic rings. The Morgan fingerprint density at radius 2 is 2.00 bits per heavy atom. The molecule has 3 unspecified atom stereocenters. The van der Waals surface area contributed by atoms with E-state index in [9.17, 15) is 24.9 Å². The summed E-state index contributed by atoms with van der Waals surface area (Å²) in [5.41, 5.74) is 0.479. The van der Waals surface area contributed by atoms with Gasteiger partial charge in [0, 0.05) is 36.3 Å². The van der Waals surface area contributed by atoms with Gasteiger partial charge in [0.15, 0.2) is 0 Å². The minimum Gasteiger partial charge on any atom is -0.477 e. The lowest BCUT2D eigenvalue weighted by Gasteiger charge is -2.38. The van der Waals surface area contributed by atoms with Crippen LogP contribution >= 0.6 is 0 Å². The van der Waals surface area contributed by atoms with Gasteiger partial charge in [0.1, 0.15) is 11.4 Å². The summed E-state index contributed by atoms with van der Waals surface area (Å²) in [7, 11) is 0. The van der Waals surface area contributed by atoms with Crippen molar-refractivity contribution in [2.45, 2.75) is 44.4 Å². The Balaban J connectivity index is 1.99. The van der Waals surface area contributed by atoms with Crippen LogP contribution in [0.15, 0.2) is 17.1 Å². The molecule has 27 heavy (non-hydrogen) atoms. The number of halogens is 1. The van der Waals surface area contributed by atoms with Gasteiger partial charge in [-0.05, 0) is 32.3 Å².